The van der Waals surface area contributed by atoms with Crippen molar-refractivity contribution in [2.75, 3.05) is 26.8 Å². The van der Waals surface area contributed by atoms with Crippen molar-refractivity contribution in [2.45, 2.75) is 32.9 Å². The van der Waals surface area contributed by atoms with Gasteiger partial charge in [0.1, 0.15) is 0 Å². The number of carbonyl (C=O) groups is 1. The van der Waals surface area contributed by atoms with E-state index in [0.29, 0.717) is 41.8 Å². The van der Waals surface area contributed by atoms with Crippen molar-refractivity contribution < 1.29 is 14.3 Å². The molecule has 2 rings (SSSR count). The van der Waals surface area contributed by atoms with Crippen molar-refractivity contribution in [2.24, 2.45) is 0 Å². The molecule has 0 saturated carbocycles. The lowest BCUT2D eigenvalue weighted by Crippen LogP contribution is -2.55. The Kier molecular flexibility index (Phi) is 7.45. The third-order valence-corrected chi connectivity index (χ3v) is 3.89. The molecule has 0 aromatic heterocycles. The number of nitrogens with zero attached hydrogens (tertiary/aromatic N) is 1. The Hall–Kier alpha value is -1.17. The predicted octanol–water partition coefficient (Wildman–Crippen LogP) is 2.99. The summed E-state index contributed by atoms with van der Waals surface area (Å²) in [6.45, 7) is 7.85. The topological polar surface area (TPSA) is 50.8 Å². The molecular weight excluding hydrogens is 339 g/mol. The summed E-state index contributed by atoms with van der Waals surface area (Å²) in [6, 6.07) is 3.88. The number of methoxy groups -OCH3 is 1. The highest BCUT2D eigenvalue weighted by Gasteiger charge is 2.26. The molecule has 0 radical (unpaired) electrons. The highest BCUT2D eigenvalue weighted by Crippen LogP contribution is 2.36. The summed E-state index contributed by atoms with van der Waals surface area (Å²) >= 11 is 6.24. The molecule has 1 aliphatic rings. The summed E-state index contributed by atoms with van der Waals surface area (Å²) in [5.41, 5.74) is 0.520. The zero-order valence-electron chi connectivity index (χ0n) is 13.9. The molecule has 130 valence electrons. The maximum Gasteiger partial charge on any atom is 0.254 e. The maximum absolute atomic E-state index is 12.7. The zero-order valence-corrected chi connectivity index (χ0v) is 15.5. The van der Waals surface area contributed by atoms with E-state index in [1.165, 1.54) is 7.11 Å². The van der Waals surface area contributed by atoms with Crippen LogP contribution < -0.4 is 14.8 Å². The van der Waals surface area contributed by atoms with Crippen LogP contribution in [0.4, 0.5) is 0 Å². The number of amides is 1. The molecular formula is C16H24Cl2N2O3. The Bertz CT molecular complexity index is 544. The second-order valence-electron chi connectivity index (χ2n) is 5.60. The first-order chi connectivity index (χ1) is 10.5. The van der Waals surface area contributed by atoms with E-state index in [0.717, 1.165) is 0 Å². The molecule has 1 aliphatic heterocycles. The number of halogens is 2. The van der Waals surface area contributed by atoms with E-state index in [4.69, 9.17) is 21.1 Å². The normalized spacial score (nSPS) is 20.7. The van der Waals surface area contributed by atoms with Crippen LogP contribution in [0.5, 0.6) is 11.5 Å². The van der Waals surface area contributed by atoms with Gasteiger partial charge < -0.3 is 19.7 Å². The molecule has 1 aromatic carbocycles. The van der Waals surface area contributed by atoms with E-state index < -0.39 is 0 Å². The molecule has 1 aromatic rings. The van der Waals surface area contributed by atoms with Gasteiger partial charge in [-0.05, 0) is 32.9 Å². The first-order valence-electron chi connectivity index (χ1n) is 7.51. The smallest absolute Gasteiger partial charge is 0.254 e. The minimum Gasteiger partial charge on any atom is -0.493 e. The Morgan fingerprint density at radius 1 is 1.35 bits per heavy atom. The Morgan fingerprint density at radius 2 is 1.96 bits per heavy atom. The van der Waals surface area contributed by atoms with Crippen molar-refractivity contribution in [3.63, 3.8) is 0 Å². The van der Waals surface area contributed by atoms with Gasteiger partial charge in [0.05, 0.1) is 18.7 Å². The van der Waals surface area contributed by atoms with E-state index in [1.54, 1.807) is 12.1 Å². The quantitative estimate of drug-likeness (QED) is 0.894. The van der Waals surface area contributed by atoms with Crippen LogP contribution in [0.2, 0.25) is 5.02 Å². The van der Waals surface area contributed by atoms with Crippen molar-refractivity contribution in [3.05, 3.63) is 22.7 Å². The maximum atomic E-state index is 12.7. The van der Waals surface area contributed by atoms with Crippen LogP contribution in [0.3, 0.4) is 0 Å². The fraction of sp³-hybridized carbons (Fsp3) is 0.562. The van der Waals surface area contributed by atoms with Crippen LogP contribution in [0.15, 0.2) is 12.1 Å². The van der Waals surface area contributed by atoms with E-state index in [1.807, 2.05) is 11.8 Å². The Balaban J connectivity index is 0.00000264. The molecule has 0 spiro atoms. The van der Waals surface area contributed by atoms with Crippen LogP contribution in [-0.2, 0) is 0 Å². The molecule has 0 bridgehead atoms. The standard InChI is InChI=1S/C16H23ClN2O3.ClH/c1-5-22-15-13(17)6-12(7-14(15)21-4)16(20)19-8-10(2)18-11(3)9-19;/h6-7,10-11,18H,5,8-9H2,1-4H3;1H. The van der Waals surface area contributed by atoms with Gasteiger partial charge in [0.2, 0.25) is 0 Å². The van der Waals surface area contributed by atoms with Crippen LogP contribution >= 0.6 is 24.0 Å². The highest BCUT2D eigenvalue weighted by molar-refractivity contribution is 6.32. The van der Waals surface area contributed by atoms with Gasteiger partial charge in [-0.15, -0.1) is 12.4 Å². The fourth-order valence-electron chi connectivity index (χ4n) is 2.80. The second-order valence-corrected chi connectivity index (χ2v) is 6.01. The summed E-state index contributed by atoms with van der Waals surface area (Å²) in [5, 5.41) is 3.80. The highest BCUT2D eigenvalue weighted by atomic mass is 35.5. The molecule has 7 heteroatoms. The number of hydrogen-bond acceptors (Lipinski definition) is 4. The fourth-order valence-corrected chi connectivity index (χ4v) is 3.07. The molecule has 1 N–H and O–H groups in total. The van der Waals surface area contributed by atoms with Gasteiger partial charge in [0.25, 0.3) is 5.91 Å². The molecule has 5 nitrogen and oxygen atoms in total. The number of ether oxygens (including phenoxy) is 2. The monoisotopic (exact) mass is 362 g/mol. The third kappa shape index (κ3) is 4.66. The average Bonchev–Trinajstić information content (AvgIpc) is 2.47. The summed E-state index contributed by atoms with van der Waals surface area (Å²) in [5.74, 6) is 0.919. The van der Waals surface area contributed by atoms with Crippen LogP contribution in [0, 0.1) is 0 Å². The van der Waals surface area contributed by atoms with Crippen LogP contribution in [-0.4, -0.2) is 49.7 Å². The summed E-state index contributed by atoms with van der Waals surface area (Å²) in [6.07, 6.45) is 0. The average molecular weight is 363 g/mol. The van der Waals surface area contributed by atoms with Gasteiger partial charge in [0, 0.05) is 30.7 Å². The number of rotatable bonds is 4. The molecule has 1 amide bonds. The van der Waals surface area contributed by atoms with E-state index >= 15 is 0 Å². The number of carbonyl (C=O) groups excluding carboxylic acids is 1. The summed E-state index contributed by atoms with van der Waals surface area (Å²) in [4.78, 5) is 14.6. The van der Waals surface area contributed by atoms with Gasteiger partial charge >= 0.3 is 0 Å². The lowest BCUT2D eigenvalue weighted by molar-refractivity contribution is 0.0673. The Labute approximate surface area is 148 Å². The van der Waals surface area contributed by atoms with Crippen molar-refractivity contribution in [3.8, 4) is 11.5 Å². The van der Waals surface area contributed by atoms with Gasteiger partial charge in [-0.1, -0.05) is 11.6 Å². The van der Waals surface area contributed by atoms with Crippen LogP contribution in [0.25, 0.3) is 0 Å². The number of nitrogens with one attached hydrogen (secondary N) is 1. The van der Waals surface area contributed by atoms with E-state index in [9.17, 15) is 4.79 Å². The molecule has 2 atom stereocenters. The van der Waals surface area contributed by atoms with Crippen molar-refractivity contribution in [1.29, 1.82) is 0 Å². The minimum atomic E-state index is -0.0385. The summed E-state index contributed by atoms with van der Waals surface area (Å²) < 4.78 is 10.8. The predicted molar refractivity (Wildman–Crippen MR) is 94.4 cm³/mol. The number of benzene rings is 1. The molecule has 1 fully saturated rings. The molecule has 1 heterocycles. The number of hydrogen-bond donors (Lipinski definition) is 1. The molecule has 0 aliphatic carbocycles. The lowest BCUT2D eigenvalue weighted by atomic mass is 10.1. The number of piperazine rings is 1. The minimum absolute atomic E-state index is 0. The van der Waals surface area contributed by atoms with Gasteiger partial charge in [-0.25, -0.2) is 0 Å². The van der Waals surface area contributed by atoms with Gasteiger partial charge in [-0.2, -0.15) is 0 Å². The second kappa shape index (κ2) is 8.62. The Morgan fingerprint density at radius 3 is 2.48 bits per heavy atom. The van der Waals surface area contributed by atoms with Crippen molar-refractivity contribution in [1.82, 2.24) is 10.2 Å². The summed E-state index contributed by atoms with van der Waals surface area (Å²) in [7, 11) is 1.54. The van der Waals surface area contributed by atoms with Crippen molar-refractivity contribution >= 4 is 29.9 Å². The third-order valence-electron chi connectivity index (χ3n) is 3.61. The molecule has 23 heavy (non-hydrogen) atoms. The SMILES string of the molecule is CCOc1c(Cl)cc(C(=O)N2CC(C)NC(C)C2)cc1OC.Cl. The molecule has 1 saturated heterocycles. The lowest BCUT2D eigenvalue weighted by Gasteiger charge is -2.36. The zero-order chi connectivity index (χ0) is 16.3. The largest absolute Gasteiger partial charge is 0.493 e. The van der Waals surface area contributed by atoms with Gasteiger partial charge in [-0.3, -0.25) is 4.79 Å². The molecule has 2 unspecified atom stereocenters. The van der Waals surface area contributed by atoms with E-state index in [2.05, 4.69) is 19.2 Å². The van der Waals surface area contributed by atoms with E-state index in [-0.39, 0.29) is 30.4 Å². The first kappa shape index (κ1) is 19.9. The van der Waals surface area contributed by atoms with Gasteiger partial charge in [0.15, 0.2) is 11.5 Å². The van der Waals surface area contributed by atoms with Crippen LogP contribution in [0.1, 0.15) is 31.1 Å². The first-order valence-corrected chi connectivity index (χ1v) is 7.89.